The average Bonchev–Trinajstić information content (AvgIpc) is 2.49. The van der Waals surface area contributed by atoms with Crippen LogP contribution in [0.5, 0.6) is 0 Å². The number of hydrogen-bond acceptors (Lipinski definition) is 0. The summed E-state index contributed by atoms with van der Waals surface area (Å²) < 4.78 is 4.24. The zero-order valence-electron chi connectivity index (χ0n) is 12.7. The van der Waals surface area contributed by atoms with Gasteiger partial charge in [0.05, 0.1) is 0 Å². The lowest BCUT2D eigenvalue weighted by Gasteiger charge is -2.05. The Morgan fingerprint density at radius 3 is 2.14 bits per heavy atom. The molecule has 0 amide bonds. The SMILES string of the molecule is Cc1c[n+](-c2ccccc2C)ccc1-c1cc[n+](C)cc1. The molecule has 3 rings (SSSR count). The summed E-state index contributed by atoms with van der Waals surface area (Å²) in [5.41, 5.74) is 6.31. The Balaban J connectivity index is 2.04. The van der Waals surface area contributed by atoms with E-state index in [0.29, 0.717) is 0 Å². The zero-order chi connectivity index (χ0) is 14.8. The third-order valence-corrected chi connectivity index (χ3v) is 3.84. The second-order valence-electron chi connectivity index (χ2n) is 5.49. The van der Waals surface area contributed by atoms with Crippen LogP contribution >= 0.6 is 0 Å². The van der Waals surface area contributed by atoms with Crippen LogP contribution in [0.1, 0.15) is 11.1 Å². The lowest BCUT2D eigenvalue weighted by atomic mass is 10.0. The van der Waals surface area contributed by atoms with Crippen LogP contribution in [0.25, 0.3) is 16.8 Å². The highest BCUT2D eigenvalue weighted by molar-refractivity contribution is 5.65. The lowest BCUT2D eigenvalue weighted by molar-refractivity contribution is -0.671. The first-order valence-corrected chi connectivity index (χ1v) is 7.19. The Morgan fingerprint density at radius 2 is 1.48 bits per heavy atom. The van der Waals surface area contributed by atoms with Crippen molar-refractivity contribution in [2.45, 2.75) is 13.8 Å². The molecule has 0 N–H and O–H groups in total. The van der Waals surface area contributed by atoms with Crippen molar-refractivity contribution in [1.82, 2.24) is 0 Å². The van der Waals surface area contributed by atoms with Crippen LogP contribution in [-0.2, 0) is 7.05 Å². The number of aryl methyl sites for hydroxylation is 3. The molecule has 104 valence electrons. The maximum Gasteiger partial charge on any atom is 0.213 e. The van der Waals surface area contributed by atoms with E-state index in [1.165, 1.54) is 27.9 Å². The molecule has 2 heterocycles. The first-order chi connectivity index (χ1) is 10.1. The first-order valence-electron chi connectivity index (χ1n) is 7.19. The maximum absolute atomic E-state index is 2.20. The highest BCUT2D eigenvalue weighted by atomic mass is 14.9. The van der Waals surface area contributed by atoms with E-state index in [-0.39, 0.29) is 0 Å². The predicted molar refractivity (Wildman–Crippen MR) is 84.1 cm³/mol. The van der Waals surface area contributed by atoms with Gasteiger partial charge in [-0.25, -0.2) is 4.57 Å². The molecule has 2 nitrogen and oxygen atoms in total. The van der Waals surface area contributed by atoms with Crippen LogP contribution < -0.4 is 9.13 Å². The minimum Gasteiger partial charge on any atom is -0.208 e. The summed E-state index contributed by atoms with van der Waals surface area (Å²) >= 11 is 0. The smallest absolute Gasteiger partial charge is 0.208 e. The highest BCUT2D eigenvalue weighted by Crippen LogP contribution is 2.21. The number of hydrogen-bond donors (Lipinski definition) is 0. The molecule has 0 aliphatic rings. The van der Waals surface area contributed by atoms with Crippen LogP contribution in [0.2, 0.25) is 0 Å². The molecule has 21 heavy (non-hydrogen) atoms. The van der Waals surface area contributed by atoms with Crippen molar-refractivity contribution >= 4 is 0 Å². The standard InChI is InChI=1S/C19H20N2/c1-15-6-4-5-7-19(15)21-13-10-18(16(2)14-21)17-8-11-20(3)12-9-17/h4-14H,1-3H3/q+2. The molecular formula is C19H20N2+2. The van der Waals surface area contributed by atoms with Crippen LogP contribution in [0.15, 0.2) is 67.3 Å². The molecule has 0 radical (unpaired) electrons. The number of para-hydroxylation sites is 1. The van der Waals surface area contributed by atoms with E-state index in [9.17, 15) is 0 Å². The maximum atomic E-state index is 2.20. The number of nitrogens with zero attached hydrogens (tertiary/aromatic N) is 2. The fraction of sp³-hybridized carbons (Fsp3) is 0.158. The molecule has 0 saturated carbocycles. The molecular weight excluding hydrogens is 256 g/mol. The van der Waals surface area contributed by atoms with E-state index in [1.54, 1.807) is 0 Å². The second-order valence-corrected chi connectivity index (χ2v) is 5.49. The lowest BCUT2D eigenvalue weighted by Crippen LogP contribution is -2.31. The van der Waals surface area contributed by atoms with Gasteiger partial charge in [0.1, 0.15) is 7.05 Å². The normalized spacial score (nSPS) is 10.6. The summed E-state index contributed by atoms with van der Waals surface area (Å²) in [6.45, 7) is 4.31. The summed E-state index contributed by atoms with van der Waals surface area (Å²) in [4.78, 5) is 0. The quantitative estimate of drug-likeness (QED) is 0.636. The van der Waals surface area contributed by atoms with Crippen molar-refractivity contribution in [3.63, 3.8) is 0 Å². The number of benzene rings is 1. The van der Waals surface area contributed by atoms with E-state index in [4.69, 9.17) is 0 Å². The van der Waals surface area contributed by atoms with Gasteiger partial charge in [-0.3, -0.25) is 0 Å². The summed E-state index contributed by atoms with van der Waals surface area (Å²) in [6, 6.07) is 14.9. The Labute approximate surface area is 125 Å². The number of pyridine rings is 2. The van der Waals surface area contributed by atoms with Gasteiger partial charge in [-0.1, -0.05) is 18.2 Å². The molecule has 0 aliphatic heterocycles. The second kappa shape index (κ2) is 5.49. The summed E-state index contributed by atoms with van der Waals surface area (Å²) in [7, 11) is 2.04. The van der Waals surface area contributed by atoms with Crippen LogP contribution in [-0.4, -0.2) is 0 Å². The average molecular weight is 276 g/mol. The molecule has 0 unspecified atom stereocenters. The summed E-state index contributed by atoms with van der Waals surface area (Å²) in [5, 5.41) is 0. The molecule has 0 bridgehead atoms. The van der Waals surface area contributed by atoms with Gasteiger partial charge in [0.15, 0.2) is 24.8 Å². The minimum atomic E-state index is 1.23. The highest BCUT2D eigenvalue weighted by Gasteiger charge is 2.12. The Morgan fingerprint density at radius 1 is 0.762 bits per heavy atom. The van der Waals surface area contributed by atoms with Crippen LogP contribution in [0.3, 0.4) is 0 Å². The number of rotatable bonds is 2. The third kappa shape index (κ3) is 2.70. The number of aromatic nitrogens is 2. The van der Waals surface area contributed by atoms with Gasteiger partial charge in [0.2, 0.25) is 5.69 Å². The molecule has 3 aromatic rings. The van der Waals surface area contributed by atoms with E-state index < -0.39 is 0 Å². The molecule has 1 aromatic carbocycles. The van der Waals surface area contributed by atoms with Crippen LogP contribution in [0, 0.1) is 13.8 Å². The Hall–Kier alpha value is -2.48. The fourth-order valence-corrected chi connectivity index (χ4v) is 2.61. The Bertz CT molecular complexity index is 774. The molecule has 0 saturated heterocycles. The predicted octanol–water partition coefficient (Wildman–Crippen LogP) is 3.07. The van der Waals surface area contributed by atoms with E-state index in [2.05, 4.69) is 90.2 Å². The molecule has 0 aliphatic carbocycles. The third-order valence-electron chi connectivity index (χ3n) is 3.84. The van der Waals surface area contributed by atoms with Crippen molar-refractivity contribution in [2.75, 3.05) is 0 Å². The Kier molecular flexibility index (Phi) is 3.53. The first kappa shape index (κ1) is 13.5. The van der Waals surface area contributed by atoms with Gasteiger partial charge in [-0.05, 0) is 25.0 Å². The van der Waals surface area contributed by atoms with Crippen molar-refractivity contribution in [3.8, 4) is 16.8 Å². The summed E-state index contributed by atoms with van der Waals surface area (Å²) in [5.74, 6) is 0. The van der Waals surface area contributed by atoms with Crippen molar-refractivity contribution in [1.29, 1.82) is 0 Å². The topological polar surface area (TPSA) is 7.76 Å². The van der Waals surface area contributed by atoms with Crippen LogP contribution in [0.4, 0.5) is 0 Å². The molecule has 0 atom stereocenters. The molecule has 0 spiro atoms. The van der Waals surface area contributed by atoms with Gasteiger partial charge < -0.3 is 0 Å². The largest absolute Gasteiger partial charge is 0.213 e. The zero-order valence-corrected chi connectivity index (χ0v) is 12.7. The monoisotopic (exact) mass is 276 g/mol. The molecule has 2 heteroatoms. The minimum absolute atomic E-state index is 1.23. The van der Waals surface area contributed by atoms with Gasteiger partial charge >= 0.3 is 0 Å². The van der Waals surface area contributed by atoms with Gasteiger partial charge in [0, 0.05) is 35.4 Å². The van der Waals surface area contributed by atoms with Gasteiger partial charge in [0.25, 0.3) is 0 Å². The van der Waals surface area contributed by atoms with E-state index in [1.807, 2.05) is 7.05 Å². The fourth-order valence-electron chi connectivity index (χ4n) is 2.61. The van der Waals surface area contributed by atoms with E-state index in [0.717, 1.165) is 0 Å². The van der Waals surface area contributed by atoms with E-state index >= 15 is 0 Å². The summed E-state index contributed by atoms with van der Waals surface area (Å²) in [6.07, 6.45) is 8.50. The van der Waals surface area contributed by atoms with Gasteiger partial charge in [-0.2, -0.15) is 4.57 Å². The van der Waals surface area contributed by atoms with Crippen molar-refractivity contribution in [2.24, 2.45) is 7.05 Å². The van der Waals surface area contributed by atoms with Gasteiger partial charge in [-0.15, -0.1) is 0 Å². The molecule has 0 fully saturated rings. The van der Waals surface area contributed by atoms with Crippen molar-refractivity contribution < 1.29 is 9.13 Å². The molecule has 2 aromatic heterocycles. The van der Waals surface area contributed by atoms with Crippen molar-refractivity contribution in [3.05, 3.63) is 78.4 Å².